The molecule has 1 aromatic carbocycles. The second kappa shape index (κ2) is 6.01. The quantitative estimate of drug-likeness (QED) is 0.940. The number of carbonyl (C=O) groups is 1. The molecule has 20 heavy (non-hydrogen) atoms. The van der Waals surface area contributed by atoms with Gasteiger partial charge in [-0.1, -0.05) is 11.6 Å². The Morgan fingerprint density at radius 1 is 1.35 bits per heavy atom. The van der Waals surface area contributed by atoms with Crippen LogP contribution in [0.15, 0.2) is 36.7 Å². The summed E-state index contributed by atoms with van der Waals surface area (Å²) in [6.45, 7) is 0.648. The summed E-state index contributed by atoms with van der Waals surface area (Å²) < 4.78 is 1.99. The van der Waals surface area contributed by atoms with Crippen molar-refractivity contribution in [3.63, 3.8) is 0 Å². The minimum Gasteiger partial charge on any atom is -0.380 e. The maximum absolute atomic E-state index is 12.1. The third-order valence-electron chi connectivity index (χ3n) is 2.99. The van der Waals surface area contributed by atoms with E-state index in [1.165, 1.54) is 0 Å². The summed E-state index contributed by atoms with van der Waals surface area (Å²) in [5.74, 6) is -0.0442. The van der Waals surface area contributed by atoms with E-state index in [9.17, 15) is 4.79 Å². The molecule has 0 saturated carbocycles. The molecule has 4 nitrogen and oxygen atoms in total. The fourth-order valence-electron chi connectivity index (χ4n) is 1.95. The summed E-state index contributed by atoms with van der Waals surface area (Å²) in [4.78, 5) is 13.7. The van der Waals surface area contributed by atoms with Crippen molar-refractivity contribution in [3.8, 4) is 0 Å². The highest BCUT2D eigenvalue weighted by Crippen LogP contribution is 2.22. The zero-order valence-electron chi connectivity index (χ0n) is 11.9. The molecule has 106 valence electrons. The molecule has 0 aliphatic carbocycles. The first-order chi connectivity index (χ1) is 9.47. The van der Waals surface area contributed by atoms with Gasteiger partial charge in [0, 0.05) is 50.8 Å². The number of nitrogens with one attached hydrogen (secondary N) is 1. The lowest BCUT2D eigenvalue weighted by atomic mass is 10.1. The van der Waals surface area contributed by atoms with Gasteiger partial charge < -0.3 is 14.8 Å². The minimum atomic E-state index is -0.0442. The molecular formula is C15H18ClN3O. The van der Waals surface area contributed by atoms with E-state index in [0.29, 0.717) is 17.1 Å². The Labute approximate surface area is 124 Å². The van der Waals surface area contributed by atoms with Gasteiger partial charge in [0.15, 0.2) is 0 Å². The van der Waals surface area contributed by atoms with E-state index in [0.717, 1.165) is 11.3 Å². The molecule has 0 spiro atoms. The van der Waals surface area contributed by atoms with Gasteiger partial charge in [0.1, 0.15) is 0 Å². The molecule has 0 aliphatic heterocycles. The van der Waals surface area contributed by atoms with E-state index in [-0.39, 0.29) is 5.91 Å². The fraction of sp³-hybridized carbons (Fsp3) is 0.267. The number of carbonyl (C=O) groups excluding carboxylic acids is 1. The Balaban J connectivity index is 2.21. The number of amides is 1. The van der Waals surface area contributed by atoms with Crippen LogP contribution in [-0.4, -0.2) is 29.5 Å². The molecule has 1 amide bonds. The number of hydrogen-bond donors (Lipinski definition) is 1. The molecule has 0 fully saturated rings. The van der Waals surface area contributed by atoms with Gasteiger partial charge in [-0.3, -0.25) is 4.79 Å². The summed E-state index contributed by atoms with van der Waals surface area (Å²) in [7, 11) is 5.44. The van der Waals surface area contributed by atoms with Crippen LogP contribution in [0, 0.1) is 0 Å². The molecule has 0 atom stereocenters. The molecule has 0 saturated heterocycles. The molecule has 0 bridgehead atoms. The van der Waals surface area contributed by atoms with Gasteiger partial charge in [-0.25, -0.2) is 0 Å². The van der Waals surface area contributed by atoms with Crippen molar-refractivity contribution < 1.29 is 4.79 Å². The van der Waals surface area contributed by atoms with Gasteiger partial charge in [-0.2, -0.15) is 0 Å². The number of nitrogens with zero attached hydrogens (tertiary/aromatic N) is 2. The van der Waals surface area contributed by atoms with Crippen molar-refractivity contribution in [2.24, 2.45) is 7.05 Å². The molecule has 2 aromatic rings. The predicted molar refractivity (Wildman–Crippen MR) is 82.2 cm³/mol. The van der Waals surface area contributed by atoms with Gasteiger partial charge in [-0.15, -0.1) is 0 Å². The normalized spacial score (nSPS) is 10.4. The van der Waals surface area contributed by atoms with E-state index in [4.69, 9.17) is 11.6 Å². The Hall–Kier alpha value is -1.94. The second-order valence-corrected chi connectivity index (χ2v) is 5.36. The average molecular weight is 292 g/mol. The van der Waals surface area contributed by atoms with E-state index in [2.05, 4.69) is 5.32 Å². The molecule has 0 aliphatic rings. The molecule has 1 aromatic heterocycles. The summed E-state index contributed by atoms with van der Waals surface area (Å²) in [6.07, 6.45) is 4.02. The van der Waals surface area contributed by atoms with Gasteiger partial charge in [0.25, 0.3) is 5.91 Å². The molecule has 2 rings (SSSR count). The van der Waals surface area contributed by atoms with Gasteiger partial charge >= 0.3 is 0 Å². The zero-order chi connectivity index (χ0) is 14.7. The summed E-state index contributed by atoms with van der Waals surface area (Å²) >= 11 is 6.02. The van der Waals surface area contributed by atoms with Crippen LogP contribution in [0.1, 0.15) is 15.9 Å². The number of hydrogen-bond acceptors (Lipinski definition) is 2. The highest BCUT2D eigenvalue weighted by atomic mass is 35.5. The number of aromatic nitrogens is 1. The first kappa shape index (κ1) is 14.5. The first-order valence-electron chi connectivity index (χ1n) is 6.33. The number of rotatable bonds is 4. The van der Waals surface area contributed by atoms with Crippen molar-refractivity contribution in [2.45, 2.75) is 6.54 Å². The van der Waals surface area contributed by atoms with Gasteiger partial charge in [0.2, 0.25) is 0 Å². The summed E-state index contributed by atoms with van der Waals surface area (Å²) in [5, 5.41) is 3.88. The highest BCUT2D eigenvalue weighted by Gasteiger charge is 2.13. The predicted octanol–water partition coefficient (Wildman–Crippen LogP) is 2.99. The lowest BCUT2D eigenvalue weighted by molar-refractivity contribution is 0.0828. The van der Waals surface area contributed by atoms with Crippen molar-refractivity contribution in [1.29, 1.82) is 0 Å². The Morgan fingerprint density at radius 2 is 2.10 bits per heavy atom. The molecule has 5 heteroatoms. The number of anilines is 1. The average Bonchev–Trinajstić information content (AvgIpc) is 2.81. The standard InChI is InChI=1S/C15H18ClN3O/c1-18(2)15(20)13-5-4-12(16)8-14(13)17-9-11-6-7-19(3)10-11/h4-8,10,17H,9H2,1-3H3. The number of aryl methyl sites for hydroxylation is 1. The van der Waals surface area contributed by atoms with Crippen LogP contribution in [0.25, 0.3) is 0 Å². The molecule has 0 radical (unpaired) electrons. The smallest absolute Gasteiger partial charge is 0.255 e. The fourth-order valence-corrected chi connectivity index (χ4v) is 2.13. The van der Waals surface area contributed by atoms with Crippen LogP contribution in [0.3, 0.4) is 0 Å². The molecule has 1 heterocycles. The monoisotopic (exact) mass is 291 g/mol. The van der Waals surface area contributed by atoms with E-state index in [1.54, 1.807) is 37.2 Å². The van der Waals surface area contributed by atoms with Crippen molar-refractivity contribution in [3.05, 3.63) is 52.8 Å². The first-order valence-corrected chi connectivity index (χ1v) is 6.71. The Kier molecular flexibility index (Phi) is 4.35. The van der Waals surface area contributed by atoms with Crippen LogP contribution in [-0.2, 0) is 13.6 Å². The highest BCUT2D eigenvalue weighted by molar-refractivity contribution is 6.31. The summed E-state index contributed by atoms with van der Waals surface area (Å²) in [6, 6.07) is 7.29. The molecule has 0 unspecified atom stereocenters. The van der Waals surface area contributed by atoms with Gasteiger partial charge in [-0.05, 0) is 29.8 Å². The van der Waals surface area contributed by atoms with Crippen molar-refractivity contribution in [1.82, 2.24) is 9.47 Å². The maximum atomic E-state index is 12.1. The third-order valence-corrected chi connectivity index (χ3v) is 3.23. The SMILES string of the molecule is CN(C)C(=O)c1ccc(Cl)cc1NCc1ccn(C)c1. The van der Waals surface area contributed by atoms with E-state index in [1.807, 2.05) is 30.1 Å². The minimum absolute atomic E-state index is 0.0442. The zero-order valence-corrected chi connectivity index (χ0v) is 12.6. The topological polar surface area (TPSA) is 37.3 Å². The molecule has 1 N–H and O–H groups in total. The largest absolute Gasteiger partial charge is 0.380 e. The Bertz CT molecular complexity index is 619. The second-order valence-electron chi connectivity index (χ2n) is 4.93. The lowest BCUT2D eigenvalue weighted by Crippen LogP contribution is -2.22. The molecular weight excluding hydrogens is 274 g/mol. The van der Waals surface area contributed by atoms with Crippen LogP contribution in [0.2, 0.25) is 5.02 Å². The maximum Gasteiger partial charge on any atom is 0.255 e. The lowest BCUT2D eigenvalue weighted by Gasteiger charge is -2.15. The van der Waals surface area contributed by atoms with Crippen LogP contribution in [0.5, 0.6) is 0 Å². The van der Waals surface area contributed by atoms with Gasteiger partial charge in [0.05, 0.1) is 5.56 Å². The van der Waals surface area contributed by atoms with Crippen molar-refractivity contribution in [2.75, 3.05) is 19.4 Å². The van der Waals surface area contributed by atoms with Crippen LogP contribution < -0.4 is 5.32 Å². The van der Waals surface area contributed by atoms with Crippen molar-refractivity contribution >= 4 is 23.2 Å². The number of benzene rings is 1. The number of halogens is 1. The Morgan fingerprint density at radius 3 is 2.70 bits per heavy atom. The third kappa shape index (κ3) is 3.33. The van der Waals surface area contributed by atoms with Crippen LogP contribution >= 0.6 is 11.6 Å². The van der Waals surface area contributed by atoms with Crippen LogP contribution in [0.4, 0.5) is 5.69 Å². The summed E-state index contributed by atoms with van der Waals surface area (Å²) in [5.41, 5.74) is 2.52. The van der Waals surface area contributed by atoms with E-state index < -0.39 is 0 Å². The van der Waals surface area contributed by atoms with E-state index >= 15 is 0 Å².